The van der Waals surface area contributed by atoms with Crippen LogP contribution in [0.4, 0.5) is 0 Å². The standard InChI is InChI=1S/C59H111N2O6P/c1-6-8-10-12-14-16-17-18-19-20-21-22-23-24-25-26-27-28-29-30-31-32-33-34-35-36-37-38-39-40-41-42-43-45-47-49-51-53-59(63)60-57(56-67-68(64,65)66-55-54-61(3,4)5)58(62)52-50-48-46-44-15-13-11-9-7-2/h8,10,14,16,18-19,21-22,50,52,57-58,62H,6-7,9,11-13,15,17,20,23-49,51,53-56H2,1-5H3,(H-,60,63,64,65)/b10-8-,16-14-,19-18-,22-21-,52-50+. The number of hydrogen-bond acceptors (Lipinski definition) is 6. The molecule has 0 saturated carbocycles. The summed E-state index contributed by atoms with van der Waals surface area (Å²) in [6, 6.07) is -0.883. The van der Waals surface area contributed by atoms with Gasteiger partial charge in [-0.2, -0.15) is 0 Å². The Morgan fingerprint density at radius 3 is 1.31 bits per heavy atom. The molecule has 0 aliphatic heterocycles. The molecule has 0 heterocycles. The van der Waals surface area contributed by atoms with Gasteiger partial charge in [-0.05, 0) is 57.8 Å². The lowest BCUT2D eigenvalue weighted by atomic mass is 10.0. The number of nitrogens with one attached hydrogen (secondary N) is 1. The van der Waals surface area contributed by atoms with Crippen LogP contribution >= 0.6 is 7.82 Å². The molecule has 0 rings (SSSR count). The van der Waals surface area contributed by atoms with Gasteiger partial charge in [0.2, 0.25) is 5.91 Å². The molecular formula is C59H111N2O6P. The Balaban J connectivity index is 3.84. The van der Waals surface area contributed by atoms with E-state index in [-0.39, 0.29) is 19.1 Å². The molecule has 0 aliphatic rings. The van der Waals surface area contributed by atoms with E-state index >= 15 is 0 Å². The third-order valence-electron chi connectivity index (χ3n) is 12.7. The Kier molecular flexibility index (Phi) is 48.8. The van der Waals surface area contributed by atoms with Crippen LogP contribution in [-0.2, 0) is 18.4 Å². The van der Waals surface area contributed by atoms with Gasteiger partial charge in [-0.25, -0.2) is 0 Å². The van der Waals surface area contributed by atoms with Crippen LogP contribution in [0, 0.1) is 0 Å². The minimum absolute atomic E-state index is 0.000595. The number of allylic oxidation sites excluding steroid dienone is 9. The van der Waals surface area contributed by atoms with Gasteiger partial charge in [0.1, 0.15) is 13.2 Å². The average Bonchev–Trinajstić information content (AvgIpc) is 3.30. The molecule has 2 N–H and O–H groups in total. The summed E-state index contributed by atoms with van der Waals surface area (Å²) in [4.78, 5) is 25.3. The molecule has 0 fully saturated rings. The van der Waals surface area contributed by atoms with Crippen LogP contribution in [0.15, 0.2) is 60.8 Å². The Hall–Kier alpha value is -1.80. The summed E-state index contributed by atoms with van der Waals surface area (Å²) in [6.45, 7) is 4.51. The van der Waals surface area contributed by atoms with Crippen molar-refractivity contribution in [2.75, 3.05) is 40.9 Å². The molecule has 3 unspecified atom stereocenters. The van der Waals surface area contributed by atoms with Gasteiger partial charge in [0.25, 0.3) is 7.82 Å². The van der Waals surface area contributed by atoms with Crippen LogP contribution < -0.4 is 10.2 Å². The Morgan fingerprint density at radius 1 is 0.529 bits per heavy atom. The summed E-state index contributed by atoms with van der Waals surface area (Å²) < 4.78 is 23.2. The van der Waals surface area contributed by atoms with Gasteiger partial charge in [-0.1, -0.05) is 254 Å². The maximum absolute atomic E-state index is 12.9. The van der Waals surface area contributed by atoms with Crippen molar-refractivity contribution in [1.82, 2.24) is 5.32 Å². The monoisotopic (exact) mass is 975 g/mol. The zero-order chi connectivity index (χ0) is 49.9. The number of amides is 1. The molecule has 8 nitrogen and oxygen atoms in total. The van der Waals surface area contributed by atoms with E-state index in [1.165, 1.54) is 173 Å². The van der Waals surface area contributed by atoms with E-state index in [9.17, 15) is 19.4 Å². The number of aliphatic hydroxyl groups excluding tert-OH is 1. The number of rotatable bonds is 52. The van der Waals surface area contributed by atoms with Gasteiger partial charge >= 0.3 is 0 Å². The molecule has 0 aromatic heterocycles. The molecular weight excluding hydrogens is 864 g/mol. The molecule has 0 spiro atoms. The highest BCUT2D eigenvalue weighted by atomic mass is 31.2. The van der Waals surface area contributed by atoms with Crippen molar-refractivity contribution in [3.05, 3.63) is 60.8 Å². The van der Waals surface area contributed by atoms with Gasteiger partial charge < -0.3 is 28.8 Å². The molecule has 0 saturated heterocycles. The SMILES string of the molecule is CC/C=C\C/C=C\C/C=C\C/C=C\CCCCCCCCCCCCCCCCCCCCCCCCCCC(=O)NC(COP(=O)([O-])OCC[N+](C)(C)C)C(O)/C=C/CCCCCCCCC. The predicted molar refractivity (Wildman–Crippen MR) is 293 cm³/mol. The lowest BCUT2D eigenvalue weighted by molar-refractivity contribution is -0.870. The second kappa shape index (κ2) is 50.2. The summed E-state index contributed by atoms with van der Waals surface area (Å²) in [7, 11) is 1.26. The first-order chi connectivity index (χ1) is 33.0. The molecule has 0 aromatic rings. The van der Waals surface area contributed by atoms with Gasteiger partial charge in [-0.15, -0.1) is 0 Å². The summed E-state index contributed by atoms with van der Waals surface area (Å²) in [5.74, 6) is -0.197. The van der Waals surface area contributed by atoms with Crippen LogP contribution in [0.2, 0.25) is 0 Å². The third kappa shape index (κ3) is 52.0. The number of carbonyl (C=O) groups excluding carboxylic acids is 1. The summed E-state index contributed by atoms with van der Waals surface area (Å²) in [6.07, 6.45) is 67.6. The second-order valence-corrected chi connectivity index (χ2v) is 22.0. The first kappa shape index (κ1) is 66.2. The molecule has 0 aliphatic carbocycles. The normalized spacial score (nSPS) is 14.4. The number of phosphoric acid groups is 1. The van der Waals surface area contributed by atoms with E-state index in [2.05, 4.69) is 67.8 Å². The van der Waals surface area contributed by atoms with E-state index in [1.54, 1.807) is 6.08 Å². The van der Waals surface area contributed by atoms with Crippen molar-refractivity contribution >= 4 is 13.7 Å². The highest BCUT2D eigenvalue weighted by molar-refractivity contribution is 7.45. The van der Waals surface area contributed by atoms with Gasteiger partial charge in [-0.3, -0.25) is 9.36 Å². The molecule has 0 aromatic carbocycles. The summed E-state index contributed by atoms with van der Waals surface area (Å²) in [5, 5.41) is 13.8. The fraction of sp³-hybridized carbons (Fsp3) is 0.814. The molecule has 3 atom stereocenters. The summed E-state index contributed by atoms with van der Waals surface area (Å²) >= 11 is 0. The van der Waals surface area contributed by atoms with Crippen molar-refractivity contribution in [1.29, 1.82) is 0 Å². The van der Waals surface area contributed by atoms with Crippen LogP contribution in [0.1, 0.15) is 258 Å². The van der Waals surface area contributed by atoms with Crippen LogP contribution in [0.3, 0.4) is 0 Å². The van der Waals surface area contributed by atoms with E-state index in [4.69, 9.17) is 9.05 Å². The summed E-state index contributed by atoms with van der Waals surface area (Å²) in [5.41, 5.74) is 0. The lowest BCUT2D eigenvalue weighted by Crippen LogP contribution is -2.45. The Bertz CT molecular complexity index is 1290. The number of quaternary nitrogens is 1. The lowest BCUT2D eigenvalue weighted by Gasteiger charge is -2.29. The average molecular weight is 976 g/mol. The van der Waals surface area contributed by atoms with Crippen molar-refractivity contribution in [2.24, 2.45) is 0 Å². The van der Waals surface area contributed by atoms with Crippen LogP contribution in [-0.4, -0.2) is 68.5 Å². The van der Waals surface area contributed by atoms with Crippen molar-refractivity contribution < 1.29 is 32.9 Å². The Labute approximate surface area is 422 Å². The van der Waals surface area contributed by atoms with E-state index in [1.807, 2.05) is 27.2 Å². The zero-order valence-corrected chi connectivity index (χ0v) is 46.2. The minimum Gasteiger partial charge on any atom is -0.756 e. The molecule has 1 amide bonds. The first-order valence-electron chi connectivity index (χ1n) is 28.7. The number of nitrogens with zero attached hydrogens (tertiary/aromatic N) is 1. The maximum atomic E-state index is 12.9. The molecule has 398 valence electrons. The number of carbonyl (C=O) groups is 1. The van der Waals surface area contributed by atoms with Crippen LogP contribution in [0.25, 0.3) is 0 Å². The highest BCUT2D eigenvalue weighted by Gasteiger charge is 2.23. The largest absolute Gasteiger partial charge is 0.756 e. The first-order valence-corrected chi connectivity index (χ1v) is 30.1. The number of likely N-dealkylation sites (N-methyl/N-ethyl adjacent to an activating group) is 1. The molecule has 0 radical (unpaired) electrons. The molecule has 9 heteroatoms. The number of hydrogen-bond donors (Lipinski definition) is 2. The second-order valence-electron chi connectivity index (χ2n) is 20.6. The van der Waals surface area contributed by atoms with Crippen molar-refractivity contribution in [3.63, 3.8) is 0 Å². The van der Waals surface area contributed by atoms with E-state index < -0.39 is 20.0 Å². The zero-order valence-electron chi connectivity index (χ0n) is 45.3. The highest BCUT2D eigenvalue weighted by Crippen LogP contribution is 2.38. The smallest absolute Gasteiger partial charge is 0.268 e. The maximum Gasteiger partial charge on any atom is 0.268 e. The predicted octanol–water partition coefficient (Wildman–Crippen LogP) is 16.7. The topological polar surface area (TPSA) is 108 Å². The molecule has 0 bridgehead atoms. The minimum atomic E-state index is -4.58. The van der Waals surface area contributed by atoms with Gasteiger partial charge in [0.05, 0.1) is 39.9 Å². The Morgan fingerprint density at radius 2 is 0.897 bits per heavy atom. The molecule has 68 heavy (non-hydrogen) atoms. The number of phosphoric ester groups is 1. The number of aliphatic hydroxyl groups is 1. The van der Waals surface area contributed by atoms with E-state index in [0.29, 0.717) is 17.4 Å². The van der Waals surface area contributed by atoms with Crippen molar-refractivity contribution in [3.8, 4) is 0 Å². The van der Waals surface area contributed by atoms with E-state index in [0.717, 1.165) is 64.2 Å². The number of unbranched alkanes of at least 4 members (excludes halogenated alkanes) is 31. The van der Waals surface area contributed by atoms with Crippen molar-refractivity contribution in [2.45, 2.75) is 270 Å². The van der Waals surface area contributed by atoms with Gasteiger partial charge in [0, 0.05) is 6.42 Å². The van der Waals surface area contributed by atoms with Gasteiger partial charge in [0.15, 0.2) is 0 Å². The van der Waals surface area contributed by atoms with Crippen LogP contribution in [0.5, 0.6) is 0 Å². The quantitative estimate of drug-likeness (QED) is 0.0272. The fourth-order valence-corrected chi connectivity index (χ4v) is 8.99. The third-order valence-corrected chi connectivity index (χ3v) is 13.7. The fourth-order valence-electron chi connectivity index (χ4n) is 8.26.